The van der Waals surface area contributed by atoms with Crippen LogP contribution in [0.2, 0.25) is 0 Å². The van der Waals surface area contributed by atoms with Gasteiger partial charge >= 0.3 is 18.1 Å². The molecule has 0 saturated heterocycles. The normalized spacial score (nSPS) is 13.2. The number of carbonyl (C=O) groups is 6. The van der Waals surface area contributed by atoms with Crippen LogP contribution >= 0.6 is 0 Å². The van der Waals surface area contributed by atoms with Crippen LogP contribution in [-0.2, 0) is 33.5 Å². The topological polar surface area (TPSA) is 172 Å². The molecule has 15 heteroatoms. The van der Waals surface area contributed by atoms with E-state index in [2.05, 4.69) is 21.3 Å². The van der Waals surface area contributed by atoms with Gasteiger partial charge in [-0.3, -0.25) is 24.0 Å². The molecule has 0 unspecified atom stereocenters. The Labute approximate surface area is 302 Å². The van der Waals surface area contributed by atoms with E-state index in [9.17, 15) is 41.9 Å². The number of rotatable bonds is 20. The van der Waals surface area contributed by atoms with Crippen LogP contribution < -0.4 is 26.6 Å². The van der Waals surface area contributed by atoms with Gasteiger partial charge in [-0.25, -0.2) is 4.79 Å². The Hall–Kier alpha value is -3.39. The van der Waals surface area contributed by atoms with Crippen LogP contribution in [0.4, 0.5) is 13.2 Å². The lowest BCUT2D eigenvalue weighted by Gasteiger charge is -2.43. The van der Waals surface area contributed by atoms with Gasteiger partial charge in [0.1, 0.15) is 33.3 Å². The van der Waals surface area contributed by atoms with E-state index in [4.69, 9.17) is 4.74 Å². The molecule has 51 heavy (non-hydrogen) atoms. The Kier molecular flexibility index (Phi) is 17.2. The van der Waals surface area contributed by atoms with Crippen LogP contribution in [0.5, 0.6) is 0 Å². The molecule has 0 spiro atoms. The number of halogens is 3. The van der Waals surface area contributed by atoms with E-state index in [1.165, 1.54) is 13.8 Å². The zero-order valence-electron chi connectivity index (χ0n) is 33.1. The molecule has 0 heterocycles. The Bertz CT molecular complexity index is 1230. The second kappa shape index (κ2) is 18.4. The van der Waals surface area contributed by atoms with Crippen LogP contribution in [0.25, 0.3) is 0 Å². The summed E-state index contributed by atoms with van der Waals surface area (Å²) in [5.41, 5.74) is -8.89. The minimum Gasteiger partial charge on any atom is -0.458 e. The van der Waals surface area contributed by atoms with Crippen LogP contribution in [0.15, 0.2) is 0 Å². The number of nitrogens with one attached hydrogen (secondary N) is 5. The van der Waals surface area contributed by atoms with Gasteiger partial charge in [0, 0.05) is 0 Å². The van der Waals surface area contributed by atoms with Crippen molar-refractivity contribution >= 4 is 35.5 Å². The van der Waals surface area contributed by atoms with E-state index in [1.54, 1.807) is 76.2 Å². The van der Waals surface area contributed by atoms with E-state index < -0.39 is 75.0 Å². The summed E-state index contributed by atoms with van der Waals surface area (Å²) in [7, 11) is 0. The Balaban J connectivity index is 6.72. The van der Waals surface area contributed by atoms with Crippen molar-refractivity contribution in [3.63, 3.8) is 0 Å². The van der Waals surface area contributed by atoms with E-state index in [0.717, 1.165) is 0 Å². The predicted octanol–water partition coefficient (Wildman–Crippen LogP) is 5.27. The lowest BCUT2D eigenvalue weighted by molar-refractivity contribution is -0.176. The molecular weight excluding hydrogens is 671 g/mol. The number of amides is 5. The highest BCUT2D eigenvalue weighted by Crippen LogP contribution is 2.28. The zero-order valence-corrected chi connectivity index (χ0v) is 33.1. The number of carbonyl (C=O) groups excluding carboxylic acids is 6. The molecule has 0 aromatic rings. The maximum atomic E-state index is 14.3. The van der Waals surface area contributed by atoms with Crippen molar-refractivity contribution < 1.29 is 46.7 Å². The van der Waals surface area contributed by atoms with Crippen molar-refractivity contribution in [2.75, 3.05) is 0 Å². The van der Waals surface area contributed by atoms with Crippen molar-refractivity contribution in [3.05, 3.63) is 0 Å². The third-order valence-electron chi connectivity index (χ3n) is 10.6. The van der Waals surface area contributed by atoms with E-state index in [-0.39, 0.29) is 64.2 Å². The summed E-state index contributed by atoms with van der Waals surface area (Å²) in [5, 5.41) is 13.0. The third kappa shape index (κ3) is 10.8. The van der Waals surface area contributed by atoms with Gasteiger partial charge in [-0.05, 0) is 85.0 Å². The van der Waals surface area contributed by atoms with Crippen LogP contribution in [0.1, 0.15) is 154 Å². The quantitative estimate of drug-likeness (QED) is 0.106. The second-order valence-electron chi connectivity index (χ2n) is 14.2. The fourth-order valence-electron chi connectivity index (χ4n) is 6.00. The number of hydrogen-bond acceptors (Lipinski definition) is 7. The lowest BCUT2D eigenvalue weighted by Crippen LogP contribution is -2.72. The van der Waals surface area contributed by atoms with Gasteiger partial charge in [-0.2, -0.15) is 13.2 Å². The van der Waals surface area contributed by atoms with Crippen molar-refractivity contribution in [1.29, 1.82) is 0 Å². The molecule has 0 aromatic heterocycles. The molecule has 12 nitrogen and oxygen atoms in total. The first-order valence-corrected chi connectivity index (χ1v) is 18.3. The second-order valence-corrected chi connectivity index (χ2v) is 14.2. The predicted molar refractivity (Wildman–Crippen MR) is 189 cm³/mol. The summed E-state index contributed by atoms with van der Waals surface area (Å²) in [6.45, 7) is 21.6. The van der Waals surface area contributed by atoms with Gasteiger partial charge in [-0.15, -0.1) is 0 Å². The van der Waals surface area contributed by atoms with Gasteiger partial charge in [0.25, 0.3) is 0 Å². The standard InChI is InChI=1S/C36H64F3N5O7/c1-14-31(15-2,25(46)41-33(18-5,19-6)27(48)43-35(22-9,23-10)29(50)51-30(11,12)13)40-24(45)32(16-3,17-4)42-26(47)34(20-7,21-8)44-28(49)36(37,38)39/h14-23H2,1-13H3,(H,40,45)(H,41,46)(H,42,47)(H,43,48)(H,44,49). The summed E-state index contributed by atoms with van der Waals surface area (Å²) < 4.78 is 45.2. The molecule has 0 aliphatic rings. The molecule has 0 fully saturated rings. The largest absolute Gasteiger partial charge is 0.471 e. The highest BCUT2D eigenvalue weighted by atomic mass is 19.4. The molecule has 0 aliphatic carbocycles. The molecule has 5 amide bonds. The average Bonchev–Trinajstić information content (AvgIpc) is 3.08. The number of esters is 1. The van der Waals surface area contributed by atoms with E-state index in [1.807, 2.05) is 5.32 Å². The first-order valence-electron chi connectivity index (χ1n) is 18.3. The Morgan fingerprint density at radius 2 is 0.588 bits per heavy atom. The molecule has 0 rings (SSSR count). The summed E-state index contributed by atoms with van der Waals surface area (Å²) in [5.74, 6) is -5.88. The van der Waals surface area contributed by atoms with Gasteiger partial charge in [-0.1, -0.05) is 69.2 Å². The summed E-state index contributed by atoms with van der Waals surface area (Å²) in [6, 6.07) is 0. The molecular formula is C36H64F3N5O7. The van der Waals surface area contributed by atoms with Gasteiger partial charge in [0.2, 0.25) is 23.6 Å². The Morgan fingerprint density at radius 1 is 0.392 bits per heavy atom. The van der Waals surface area contributed by atoms with Gasteiger partial charge in [0.05, 0.1) is 0 Å². The number of ether oxygens (including phenoxy) is 1. The van der Waals surface area contributed by atoms with Gasteiger partial charge in [0.15, 0.2) is 0 Å². The summed E-state index contributed by atoms with van der Waals surface area (Å²) in [6.07, 6.45) is -4.74. The smallest absolute Gasteiger partial charge is 0.458 e. The SMILES string of the molecule is CCC(CC)(NC(=O)C(F)(F)F)C(=O)NC(CC)(CC)C(=O)NC(CC)(CC)C(=O)NC(CC)(CC)C(=O)NC(CC)(CC)C(=O)OC(C)(C)C. The fourth-order valence-corrected chi connectivity index (χ4v) is 6.00. The van der Waals surface area contributed by atoms with Crippen molar-refractivity contribution in [1.82, 2.24) is 26.6 Å². The van der Waals surface area contributed by atoms with Crippen molar-refractivity contribution in [2.45, 2.75) is 194 Å². The maximum Gasteiger partial charge on any atom is 0.471 e. The molecule has 0 saturated carbocycles. The average molecular weight is 736 g/mol. The van der Waals surface area contributed by atoms with Crippen molar-refractivity contribution in [3.8, 4) is 0 Å². The van der Waals surface area contributed by atoms with Crippen LogP contribution in [0, 0.1) is 0 Å². The molecule has 0 aliphatic heterocycles. The fraction of sp³-hybridized carbons (Fsp3) is 0.833. The minimum absolute atomic E-state index is 0.0000261. The molecule has 5 N–H and O–H groups in total. The number of hydrogen-bond donors (Lipinski definition) is 5. The maximum absolute atomic E-state index is 14.3. The minimum atomic E-state index is -5.23. The third-order valence-corrected chi connectivity index (χ3v) is 10.6. The highest BCUT2D eigenvalue weighted by Gasteiger charge is 2.51. The summed E-state index contributed by atoms with van der Waals surface area (Å²) in [4.78, 5) is 81.4. The van der Waals surface area contributed by atoms with Crippen LogP contribution in [-0.4, -0.2) is 75.0 Å². The van der Waals surface area contributed by atoms with Crippen molar-refractivity contribution in [2.24, 2.45) is 0 Å². The first-order chi connectivity index (χ1) is 23.4. The molecule has 0 radical (unpaired) electrons. The molecule has 0 atom stereocenters. The number of alkyl halides is 3. The molecule has 0 aromatic carbocycles. The highest BCUT2D eigenvalue weighted by molar-refractivity contribution is 6.01. The van der Waals surface area contributed by atoms with E-state index >= 15 is 0 Å². The molecule has 0 bridgehead atoms. The van der Waals surface area contributed by atoms with Crippen LogP contribution in [0.3, 0.4) is 0 Å². The van der Waals surface area contributed by atoms with Gasteiger partial charge < -0.3 is 31.3 Å². The lowest BCUT2D eigenvalue weighted by atomic mass is 9.83. The monoisotopic (exact) mass is 735 g/mol. The van der Waals surface area contributed by atoms with E-state index in [0.29, 0.717) is 0 Å². The first kappa shape index (κ1) is 47.6. The zero-order chi connectivity index (χ0) is 40.3. The molecule has 296 valence electrons. The Morgan fingerprint density at radius 3 is 0.765 bits per heavy atom. The summed E-state index contributed by atoms with van der Waals surface area (Å²) >= 11 is 0.